The Hall–Kier alpha value is -1.52. The zero-order chi connectivity index (χ0) is 12.7. The summed E-state index contributed by atoms with van der Waals surface area (Å²) >= 11 is 0. The van der Waals surface area contributed by atoms with Crippen LogP contribution in [0.15, 0.2) is 12.2 Å². The largest absolute Gasteiger partial charge is 0.481 e. The molecule has 0 radical (unpaired) electrons. The lowest BCUT2D eigenvalue weighted by Gasteiger charge is -2.16. The summed E-state index contributed by atoms with van der Waals surface area (Å²) in [5.74, 6) is -1.47. The second kappa shape index (κ2) is 6.87. The van der Waals surface area contributed by atoms with Crippen LogP contribution in [0.25, 0.3) is 0 Å². The molecule has 0 rings (SSSR count). The number of urea groups is 1. The van der Waals surface area contributed by atoms with Crippen molar-refractivity contribution < 1.29 is 14.7 Å². The van der Waals surface area contributed by atoms with Crippen molar-refractivity contribution in [3.63, 3.8) is 0 Å². The van der Waals surface area contributed by atoms with E-state index in [1.54, 1.807) is 6.92 Å². The van der Waals surface area contributed by atoms with Crippen molar-refractivity contribution in [2.75, 3.05) is 13.1 Å². The fourth-order valence-corrected chi connectivity index (χ4v) is 1.10. The number of rotatable bonds is 6. The number of carbonyl (C=O) groups is 2. The molecule has 92 valence electrons. The summed E-state index contributed by atoms with van der Waals surface area (Å²) in [5, 5.41) is 14.0. The Bertz CT molecular complexity index is 274. The molecule has 1 unspecified atom stereocenters. The highest BCUT2D eigenvalue weighted by atomic mass is 16.4. The lowest BCUT2D eigenvalue weighted by Crippen LogP contribution is -2.41. The van der Waals surface area contributed by atoms with Crippen LogP contribution < -0.4 is 10.6 Å². The van der Waals surface area contributed by atoms with Crippen molar-refractivity contribution >= 4 is 12.0 Å². The van der Waals surface area contributed by atoms with Crippen molar-refractivity contribution in [2.24, 2.45) is 11.8 Å². The van der Waals surface area contributed by atoms with Gasteiger partial charge in [0, 0.05) is 13.1 Å². The molecule has 0 heterocycles. The molecule has 0 bridgehead atoms. The van der Waals surface area contributed by atoms with E-state index in [2.05, 4.69) is 17.2 Å². The van der Waals surface area contributed by atoms with Gasteiger partial charge in [-0.05, 0) is 12.8 Å². The topological polar surface area (TPSA) is 78.4 Å². The van der Waals surface area contributed by atoms with Crippen molar-refractivity contribution in [1.82, 2.24) is 10.6 Å². The normalized spacial score (nSPS) is 12.0. The van der Waals surface area contributed by atoms with E-state index in [4.69, 9.17) is 5.11 Å². The summed E-state index contributed by atoms with van der Waals surface area (Å²) < 4.78 is 0. The van der Waals surface area contributed by atoms with Gasteiger partial charge in [0.2, 0.25) is 0 Å². The highest BCUT2D eigenvalue weighted by Crippen LogP contribution is 2.09. The molecule has 0 aliphatic heterocycles. The molecule has 0 aromatic heterocycles. The molecule has 2 amide bonds. The van der Waals surface area contributed by atoms with Crippen molar-refractivity contribution in [2.45, 2.75) is 20.8 Å². The number of hydrogen-bond donors (Lipinski definition) is 3. The molecule has 5 nitrogen and oxygen atoms in total. The molecule has 5 heteroatoms. The van der Waals surface area contributed by atoms with Gasteiger partial charge in [-0.15, -0.1) is 0 Å². The maximum atomic E-state index is 11.2. The summed E-state index contributed by atoms with van der Waals surface area (Å²) in [6, 6.07) is -0.366. The van der Waals surface area contributed by atoms with E-state index < -0.39 is 11.9 Å². The molecule has 0 spiro atoms. The quantitative estimate of drug-likeness (QED) is 0.598. The molecule has 0 fully saturated rings. The summed E-state index contributed by atoms with van der Waals surface area (Å²) in [4.78, 5) is 22.1. The molecule has 0 aliphatic rings. The van der Waals surface area contributed by atoms with E-state index in [-0.39, 0.29) is 18.5 Å². The fraction of sp³-hybridized carbons (Fsp3) is 0.636. The smallest absolute Gasteiger partial charge is 0.315 e. The van der Waals surface area contributed by atoms with Crippen LogP contribution in [0.2, 0.25) is 0 Å². The Morgan fingerprint density at radius 1 is 1.31 bits per heavy atom. The highest BCUT2D eigenvalue weighted by molar-refractivity contribution is 5.76. The third-order valence-electron chi connectivity index (χ3n) is 2.16. The Morgan fingerprint density at radius 2 is 1.88 bits per heavy atom. The van der Waals surface area contributed by atoms with Gasteiger partial charge in [0.05, 0.1) is 5.92 Å². The van der Waals surface area contributed by atoms with Crippen molar-refractivity contribution in [3.8, 4) is 0 Å². The molecule has 16 heavy (non-hydrogen) atoms. The maximum absolute atomic E-state index is 11.2. The molecule has 1 atom stereocenters. The van der Waals surface area contributed by atoms with Crippen molar-refractivity contribution in [1.29, 1.82) is 0 Å². The van der Waals surface area contributed by atoms with Gasteiger partial charge in [-0.3, -0.25) is 4.79 Å². The minimum atomic E-state index is -0.893. The summed E-state index contributed by atoms with van der Waals surface area (Å²) in [6.07, 6.45) is 0. The Morgan fingerprint density at radius 3 is 2.25 bits per heavy atom. The fourth-order valence-electron chi connectivity index (χ4n) is 1.10. The number of hydrogen-bond acceptors (Lipinski definition) is 2. The predicted octanol–water partition coefficient (Wildman–Crippen LogP) is 1.22. The van der Waals surface area contributed by atoms with Gasteiger partial charge in [0.25, 0.3) is 0 Å². The Balaban J connectivity index is 3.97. The first-order valence-electron chi connectivity index (χ1n) is 5.23. The van der Waals surface area contributed by atoms with Gasteiger partial charge in [-0.2, -0.15) is 0 Å². The average molecular weight is 228 g/mol. The Kier molecular flexibility index (Phi) is 6.22. The second-order valence-corrected chi connectivity index (χ2v) is 4.21. The molecule has 0 saturated heterocycles. The Labute approximate surface area is 95.9 Å². The van der Waals surface area contributed by atoms with Crippen LogP contribution in [-0.2, 0) is 4.79 Å². The van der Waals surface area contributed by atoms with E-state index in [1.807, 2.05) is 13.8 Å². The average Bonchev–Trinajstić information content (AvgIpc) is 2.13. The first kappa shape index (κ1) is 14.5. The SMILES string of the molecule is C=C(C)CNC(=O)NCC(C(=O)O)C(C)C. The number of carboxylic acids is 1. The van der Waals surface area contributed by atoms with Gasteiger partial charge in [-0.1, -0.05) is 26.0 Å². The lowest BCUT2D eigenvalue weighted by atomic mass is 9.96. The molecular formula is C11H20N2O3. The van der Waals surface area contributed by atoms with Crippen LogP contribution in [0.1, 0.15) is 20.8 Å². The predicted molar refractivity (Wildman–Crippen MR) is 62.2 cm³/mol. The minimum Gasteiger partial charge on any atom is -0.481 e. The zero-order valence-corrected chi connectivity index (χ0v) is 10.0. The molecule has 3 N–H and O–H groups in total. The number of amides is 2. The van der Waals surface area contributed by atoms with Crippen molar-refractivity contribution in [3.05, 3.63) is 12.2 Å². The maximum Gasteiger partial charge on any atom is 0.315 e. The van der Waals surface area contributed by atoms with Gasteiger partial charge in [-0.25, -0.2) is 4.79 Å². The molecular weight excluding hydrogens is 208 g/mol. The van der Waals surface area contributed by atoms with Gasteiger partial charge in [0.15, 0.2) is 0 Å². The van der Waals surface area contributed by atoms with Crippen LogP contribution in [0.4, 0.5) is 4.79 Å². The monoisotopic (exact) mass is 228 g/mol. The lowest BCUT2D eigenvalue weighted by molar-refractivity contribution is -0.142. The summed E-state index contributed by atoms with van der Waals surface area (Å²) in [7, 11) is 0. The van der Waals surface area contributed by atoms with Gasteiger partial charge < -0.3 is 15.7 Å². The first-order valence-corrected chi connectivity index (χ1v) is 5.23. The number of nitrogens with one attached hydrogen (secondary N) is 2. The number of carbonyl (C=O) groups excluding carboxylic acids is 1. The molecule has 0 aromatic rings. The van der Waals surface area contributed by atoms with Crippen LogP contribution in [0.5, 0.6) is 0 Å². The van der Waals surface area contributed by atoms with Crippen LogP contribution in [0.3, 0.4) is 0 Å². The highest BCUT2D eigenvalue weighted by Gasteiger charge is 2.21. The van der Waals surface area contributed by atoms with E-state index >= 15 is 0 Å². The number of carboxylic acid groups (broad SMARTS) is 1. The van der Waals surface area contributed by atoms with E-state index in [0.717, 1.165) is 5.57 Å². The zero-order valence-electron chi connectivity index (χ0n) is 10.0. The van der Waals surface area contributed by atoms with Crippen LogP contribution in [0, 0.1) is 11.8 Å². The van der Waals surface area contributed by atoms with E-state index in [1.165, 1.54) is 0 Å². The first-order chi connectivity index (χ1) is 7.34. The third-order valence-corrected chi connectivity index (χ3v) is 2.16. The summed E-state index contributed by atoms with van der Waals surface area (Å²) in [6.45, 7) is 9.59. The van der Waals surface area contributed by atoms with Crippen LogP contribution >= 0.6 is 0 Å². The van der Waals surface area contributed by atoms with E-state index in [9.17, 15) is 9.59 Å². The standard InChI is InChI=1S/C11H20N2O3/c1-7(2)5-12-11(16)13-6-9(8(3)4)10(14)15/h8-9H,1,5-6H2,2-4H3,(H,14,15)(H2,12,13,16). The van der Waals surface area contributed by atoms with Crippen LogP contribution in [-0.4, -0.2) is 30.2 Å². The number of aliphatic carboxylic acids is 1. The summed E-state index contributed by atoms with van der Waals surface area (Å²) in [5.41, 5.74) is 0.841. The molecule has 0 saturated carbocycles. The van der Waals surface area contributed by atoms with Gasteiger partial charge in [0.1, 0.15) is 0 Å². The van der Waals surface area contributed by atoms with Gasteiger partial charge >= 0.3 is 12.0 Å². The second-order valence-electron chi connectivity index (χ2n) is 4.21. The van der Waals surface area contributed by atoms with E-state index in [0.29, 0.717) is 6.54 Å². The molecule has 0 aliphatic carbocycles. The minimum absolute atomic E-state index is 0.0149. The molecule has 0 aromatic carbocycles. The third kappa shape index (κ3) is 6.06.